The SMILES string of the molecule is O=C1[C@@H]2[C@H]3C[C@@H]([C@@H]2C(=O)N1c1ccc(F)cc1)[C@@H]1[C@H](c2ccc(Cl)cc2)c2sc(=O)[nH]c2S[C@H]31. The molecule has 5 nitrogen and oxygen atoms in total. The van der Waals surface area contributed by atoms with Crippen LogP contribution in [-0.2, 0) is 9.59 Å². The molecular formula is C25H18ClFN2O3S2. The molecule has 3 aromatic rings. The fourth-order valence-corrected chi connectivity index (χ4v) is 9.92. The molecule has 7 atom stereocenters. The number of imide groups is 1. The number of anilines is 1. The molecule has 3 fully saturated rings. The molecule has 1 N–H and O–H groups in total. The number of hydrogen-bond acceptors (Lipinski definition) is 5. The number of aromatic amines is 1. The van der Waals surface area contributed by atoms with Crippen molar-refractivity contribution in [3.05, 3.63) is 79.5 Å². The smallest absolute Gasteiger partial charge is 0.305 e. The van der Waals surface area contributed by atoms with Crippen LogP contribution in [0.5, 0.6) is 0 Å². The second kappa shape index (κ2) is 7.29. The molecule has 1 saturated heterocycles. The van der Waals surface area contributed by atoms with E-state index in [9.17, 15) is 18.8 Å². The van der Waals surface area contributed by atoms with Crippen LogP contribution in [-0.4, -0.2) is 22.0 Å². The summed E-state index contributed by atoms with van der Waals surface area (Å²) in [6.07, 6.45) is 0.829. The van der Waals surface area contributed by atoms with Gasteiger partial charge in [-0.25, -0.2) is 4.39 Å². The van der Waals surface area contributed by atoms with Gasteiger partial charge in [0.25, 0.3) is 0 Å². The molecule has 2 bridgehead atoms. The first kappa shape index (κ1) is 20.9. The molecule has 9 heteroatoms. The number of carbonyl (C=O) groups excluding carboxylic acids is 2. The van der Waals surface area contributed by atoms with Crippen LogP contribution in [0.2, 0.25) is 5.02 Å². The summed E-state index contributed by atoms with van der Waals surface area (Å²) in [5.41, 5.74) is 1.51. The first-order valence-corrected chi connectivity index (χ1v) is 13.3. The molecule has 3 heterocycles. The molecule has 7 rings (SSSR count). The maximum Gasteiger partial charge on any atom is 0.305 e. The highest BCUT2D eigenvalue weighted by Gasteiger charge is 2.69. The van der Waals surface area contributed by atoms with Gasteiger partial charge in [0.1, 0.15) is 5.82 Å². The Bertz CT molecular complexity index is 1400. The summed E-state index contributed by atoms with van der Waals surface area (Å²) in [7, 11) is 0. The normalized spacial score (nSPS) is 33.2. The zero-order valence-electron chi connectivity index (χ0n) is 17.6. The van der Waals surface area contributed by atoms with Crippen LogP contribution in [0.3, 0.4) is 0 Å². The molecule has 2 saturated carbocycles. The number of nitrogens with one attached hydrogen (secondary N) is 1. The molecule has 0 radical (unpaired) electrons. The zero-order valence-corrected chi connectivity index (χ0v) is 20.0. The van der Waals surface area contributed by atoms with Gasteiger partial charge in [0.2, 0.25) is 11.8 Å². The van der Waals surface area contributed by atoms with Gasteiger partial charge in [-0.1, -0.05) is 35.1 Å². The van der Waals surface area contributed by atoms with Crippen molar-refractivity contribution in [1.29, 1.82) is 0 Å². The Kier molecular flexibility index (Phi) is 4.48. The average Bonchev–Trinajstić information content (AvgIpc) is 3.54. The number of aromatic nitrogens is 1. The van der Waals surface area contributed by atoms with Crippen molar-refractivity contribution in [1.82, 2.24) is 4.98 Å². The molecule has 2 aliphatic carbocycles. The highest BCUT2D eigenvalue weighted by Crippen LogP contribution is 2.68. The lowest BCUT2D eigenvalue weighted by atomic mass is 9.68. The van der Waals surface area contributed by atoms with Crippen LogP contribution in [0.25, 0.3) is 0 Å². The fourth-order valence-electron chi connectivity index (χ4n) is 6.90. The predicted octanol–water partition coefficient (Wildman–Crippen LogP) is 4.91. The van der Waals surface area contributed by atoms with Crippen LogP contribution < -0.4 is 9.77 Å². The molecule has 2 aliphatic heterocycles. The van der Waals surface area contributed by atoms with E-state index < -0.39 is 5.82 Å². The molecular weight excluding hydrogens is 495 g/mol. The van der Waals surface area contributed by atoms with Crippen molar-refractivity contribution in [2.45, 2.75) is 22.6 Å². The Morgan fingerprint density at radius 2 is 1.62 bits per heavy atom. The molecule has 34 heavy (non-hydrogen) atoms. The summed E-state index contributed by atoms with van der Waals surface area (Å²) in [4.78, 5) is 44.6. The van der Waals surface area contributed by atoms with Crippen LogP contribution in [0.1, 0.15) is 22.8 Å². The summed E-state index contributed by atoms with van der Waals surface area (Å²) in [6, 6.07) is 13.3. The van der Waals surface area contributed by atoms with Gasteiger partial charge in [0, 0.05) is 21.1 Å². The van der Waals surface area contributed by atoms with Crippen molar-refractivity contribution in [3.63, 3.8) is 0 Å². The number of nitrogens with zero attached hydrogens (tertiary/aromatic N) is 1. The quantitative estimate of drug-likeness (QED) is 0.495. The predicted molar refractivity (Wildman–Crippen MR) is 129 cm³/mol. The lowest BCUT2D eigenvalue weighted by Gasteiger charge is -2.43. The average molecular weight is 513 g/mol. The van der Waals surface area contributed by atoms with E-state index in [4.69, 9.17) is 11.6 Å². The summed E-state index contributed by atoms with van der Waals surface area (Å²) in [5, 5.41) is 1.66. The molecule has 2 amide bonds. The van der Waals surface area contributed by atoms with E-state index in [0.717, 1.165) is 21.9 Å². The van der Waals surface area contributed by atoms with E-state index in [1.54, 1.807) is 11.8 Å². The first-order chi connectivity index (χ1) is 16.4. The second-order valence-electron chi connectivity index (χ2n) is 9.50. The number of hydrogen-bond donors (Lipinski definition) is 1. The third-order valence-corrected chi connectivity index (χ3v) is 10.9. The number of thiazole rings is 1. The molecule has 2 aromatic carbocycles. The van der Waals surface area contributed by atoms with E-state index >= 15 is 0 Å². The topological polar surface area (TPSA) is 70.2 Å². The Hall–Kier alpha value is -2.42. The van der Waals surface area contributed by atoms with E-state index in [0.29, 0.717) is 10.7 Å². The molecule has 0 unspecified atom stereocenters. The number of H-pyrrole nitrogens is 1. The van der Waals surface area contributed by atoms with Gasteiger partial charge >= 0.3 is 4.87 Å². The Balaban J connectivity index is 1.32. The van der Waals surface area contributed by atoms with E-state index in [-0.39, 0.29) is 57.4 Å². The van der Waals surface area contributed by atoms with Gasteiger partial charge in [0.15, 0.2) is 0 Å². The maximum absolute atomic E-state index is 13.6. The minimum atomic E-state index is -0.406. The van der Waals surface area contributed by atoms with Gasteiger partial charge in [-0.05, 0) is 66.1 Å². The lowest BCUT2D eigenvalue weighted by Crippen LogP contribution is -2.42. The summed E-state index contributed by atoms with van der Waals surface area (Å²) in [5.74, 6) is -1.30. The number of rotatable bonds is 2. The third-order valence-electron chi connectivity index (χ3n) is 8.04. The zero-order chi connectivity index (χ0) is 23.3. The second-order valence-corrected chi connectivity index (χ2v) is 12.1. The van der Waals surface area contributed by atoms with Crippen molar-refractivity contribution < 1.29 is 14.0 Å². The third kappa shape index (κ3) is 2.76. The molecule has 0 spiro atoms. The standard InChI is InChI=1S/C25H18ClFN2O3S2/c26-11-3-1-10(2-4-11)16-17-14-9-15(20(17)33-22-21(16)34-25(32)28-22)19-18(14)23(30)29(24(19)31)13-7-5-12(27)6-8-13/h1-8,14-20H,9H2,(H,28,32)/t14-,15-,16+,17-,18+,19-,20-/m1/s1. The van der Waals surface area contributed by atoms with Gasteiger partial charge in [-0.3, -0.25) is 19.3 Å². The van der Waals surface area contributed by atoms with Gasteiger partial charge < -0.3 is 4.98 Å². The maximum atomic E-state index is 13.6. The van der Waals surface area contributed by atoms with Crippen LogP contribution in [0, 0.1) is 35.4 Å². The van der Waals surface area contributed by atoms with Crippen molar-refractivity contribution in [2.75, 3.05) is 4.90 Å². The van der Waals surface area contributed by atoms with Crippen molar-refractivity contribution >= 4 is 52.2 Å². The molecule has 1 aromatic heterocycles. The van der Waals surface area contributed by atoms with Crippen LogP contribution in [0.4, 0.5) is 10.1 Å². The number of thioether (sulfide) groups is 1. The van der Waals surface area contributed by atoms with Crippen LogP contribution in [0.15, 0.2) is 58.4 Å². The van der Waals surface area contributed by atoms with Gasteiger partial charge in [-0.15, -0.1) is 11.8 Å². The Morgan fingerprint density at radius 3 is 2.32 bits per heavy atom. The minimum Gasteiger partial charge on any atom is -0.307 e. The van der Waals surface area contributed by atoms with Crippen molar-refractivity contribution in [3.8, 4) is 0 Å². The highest BCUT2D eigenvalue weighted by atomic mass is 35.5. The first-order valence-electron chi connectivity index (χ1n) is 11.2. The largest absolute Gasteiger partial charge is 0.307 e. The van der Waals surface area contributed by atoms with Gasteiger partial charge in [-0.2, -0.15) is 0 Å². The number of carbonyl (C=O) groups is 2. The van der Waals surface area contributed by atoms with E-state index in [1.807, 2.05) is 24.3 Å². The Labute approximate surface area is 207 Å². The van der Waals surface area contributed by atoms with Gasteiger partial charge in [0.05, 0.1) is 22.5 Å². The van der Waals surface area contributed by atoms with E-state index in [2.05, 4.69) is 4.98 Å². The minimum absolute atomic E-state index is 0.0267. The fraction of sp³-hybridized carbons (Fsp3) is 0.320. The number of amides is 2. The summed E-state index contributed by atoms with van der Waals surface area (Å²) >= 11 is 9.05. The highest BCUT2D eigenvalue weighted by molar-refractivity contribution is 8.00. The van der Waals surface area contributed by atoms with Crippen molar-refractivity contribution in [2.24, 2.45) is 29.6 Å². The lowest BCUT2D eigenvalue weighted by molar-refractivity contribution is -0.123. The van der Waals surface area contributed by atoms with Crippen LogP contribution >= 0.6 is 34.7 Å². The number of fused-ring (bicyclic) bond motifs is 9. The summed E-state index contributed by atoms with van der Waals surface area (Å²) < 4.78 is 13.5. The monoisotopic (exact) mass is 512 g/mol. The molecule has 4 aliphatic rings. The summed E-state index contributed by atoms with van der Waals surface area (Å²) in [6.45, 7) is 0. The number of benzene rings is 2. The Morgan fingerprint density at radius 1 is 0.941 bits per heavy atom. The number of halogens is 2. The van der Waals surface area contributed by atoms with E-state index in [1.165, 1.54) is 40.5 Å². The molecule has 172 valence electrons.